The molecule has 5 nitrogen and oxygen atoms in total. The second kappa shape index (κ2) is 8.41. The number of fused-ring (bicyclic) bond motifs is 9. The average molecular weight is 528 g/mol. The third-order valence-electron chi connectivity index (χ3n) is 7.96. The van der Waals surface area contributed by atoms with Crippen LogP contribution in [0.25, 0.3) is 65.7 Å². The molecule has 0 amide bonds. The van der Waals surface area contributed by atoms with Crippen LogP contribution >= 0.6 is 0 Å². The molecule has 4 aromatic heterocycles. The quantitative estimate of drug-likeness (QED) is 0.214. The van der Waals surface area contributed by atoms with Gasteiger partial charge in [-0.2, -0.15) is 0 Å². The van der Waals surface area contributed by atoms with Gasteiger partial charge >= 0.3 is 0 Å². The third kappa shape index (κ3) is 3.17. The number of furan rings is 2. The van der Waals surface area contributed by atoms with E-state index in [0.717, 1.165) is 66.3 Å². The maximum absolute atomic E-state index is 6.55. The van der Waals surface area contributed by atoms with Gasteiger partial charge in [0.25, 0.3) is 0 Å². The molecule has 0 aliphatic heterocycles. The highest BCUT2D eigenvalue weighted by molar-refractivity contribution is 6.19. The first kappa shape index (κ1) is 22.2. The summed E-state index contributed by atoms with van der Waals surface area (Å²) in [4.78, 5) is 11.6. The summed E-state index contributed by atoms with van der Waals surface area (Å²) in [7, 11) is 0. The lowest BCUT2D eigenvalue weighted by Gasteiger charge is -2.28. The Labute approximate surface area is 233 Å². The first-order valence-corrected chi connectivity index (χ1v) is 13.6. The van der Waals surface area contributed by atoms with Crippen molar-refractivity contribution in [3.05, 3.63) is 128 Å². The highest BCUT2D eigenvalue weighted by Crippen LogP contribution is 2.48. The molecule has 9 rings (SSSR count). The Morgan fingerprint density at radius 1 is 0.488 bits per heavy atom. The van der Waals surface area contributed by atoms with E-state index in [2.05, 4.69) is 82.7 Å². The SMILES string of the molecule is c1ccc2c(c1)cc(N(c1ccnc3c1oc1ccccc13)c1cccc3oc4ncccc4c13)c1ccccc12. The van der Waals surface area contributed by atoms with Crippen LogP contribution in [0.5, 0.6) is 0 Å². The molecule has 5 heteroatoms. The van der Waals surface area contributed by atoms with Crippen LogP contribution < -0.4 is 4.90 Å². The Balaban J connectivity index is 1.47. The summed E-state index contributed by atoms with van der Waals surface area (Å²) in [5.74, 6) is 0. The molecule has 192 valence electrons. The van der Waals surface area contributed by atoms with Crippen LogP contribution in [0, 0.1) is 0 Å². The zero-order chi connectivity index (χ0) is 26.9. The number of nitrogens with zero attached hydrogens (tertiary/aromatic N) is 3. The van der Waals surface area contributed by atoms with Gasteiger partial charge < -0.3 is 13.7 Å². The van der Waals surface area contributed by atoms with Gasteiger partial charge in [-0.05, 0) is 64.7 Å². The number of anilines is 3. The molecule has 41 heavy (non-hydrogen) atoms. The van der Waals surface area contributed by atoms with E-state index < -0.39 is 0 Å². The smallest absolute Gasteiger partial charge is 0.227 e. The van der Waals surface area contributed by atoms with Crippen LogP contribution in [-0.2, 0) is 0 Å². The summed E-state index contributed by atoms with van der Waals surface area (Å²) in [5.41, 5.74) is 6.68. The molecule has 0 fully saturated rings. The normalized spacial score (nSPS) is 11.9. The molecule has 0 bridgehead atoms. The Morgan fingerprint density at radius 3 is 2.17 bits per heavy atom. The molecule has 0 unspecified atom stereocenters. The monoisotopic (exact) mass is 527 g/mol. The number of benzene rings is 5. The van der Waals surface area contributed by atoms with Gasteiger partial charge in [0, 0.05) is 23.2 Å². The lowest BCUT2D eigenvalue weighted by atomic mass is 9.98. The van der Waals surface area contributed by atoms with Gasteiger partial charge in [0.15, 0.2) is 5.58 Å². The number of pyridine rings is 2. The molecule has 0 saturated carbocycles. The van der Waals surface area contributed by atoms with E-state index in [9.17, 15) is 0 Å². The Morgan fingerprint density at radius 2 is 1.24 bits per heavy atom. The van der Waals surface area contributed by atoms with Crippen molar-refractivity contribution in [3.63, 3.8) is 0 Å². The largest absolute Gasteiger partial charge is 0.452 e. The Hall–Kier alpha value is -5.68. The molecule has 0 radical (unpaired) electrons. The maximum Gasteiger partial charge on any atom is 0.227 e. The van der Waals surface area contributed by atoms with Crippen LogP contribution in [0.15, 0.2) is 136 Å². The average Bonchev–Trinajstić information content (AvgIpc) is 3.61. The fourth-order valence-corrected chi connectivity index (χ4v) is 6.20. The number of hydrogen-bond donors (Lipinski definition) is 0. The maximum atomic E-state index is 6.55. The summed E-state index contributed by atoms with van der Waals surface area (Å²) in [6.45, 7) is 0. The van der Waals surface area contributed by atoms with Gasteiger partial charge in [-0.3, -0.25) is 4.98 Å². The van der Waals surface area contributed by atoms with Crippen molar-refractivity contribution in [3.8, 4) is 0 Å². The van der Waals surface area contributed by atoms with Crippen LogP contribution in [-0.4, -0.2) is 9.97 Å². The van der Waals surface area contributed by atoms with Crippen LogP contribution in [0.3, 0.4) is 0 Å². The fraction of sp³-hybridized carbons (Fsp3) is 0. The Bertz CT molecular complexity index is 2450. The van der Waals surface area contributed by atoms with E-state index in [1.165, 1.54) is 10.8 Å². The van der Waals surface area contributed by atoms with Gasteiger partial charge in [-0.15, -0.1) is 0 Å². The summed E-state index contributed by atoms with van der Waals surface area (Å²) in [6.07, 6.45) is 3.63. The topological polar surface area (TPSA) is 55.3 Å². The number of rotatable bonds is 3. The molecule has 0 saturated heterocycles. The highest BCUT2D eigenvalue weighted by atomic mass is 16.3. The molecular weight excluding hydrogens is 506 g/mol. The van der Waals surface area contributed by atoms with Crippen molar-refractivity contribution in [2.75, 3.05) is 4.90 Å². The van der Waals surface area contributed by atoms with Crippen LogP contribution in [0.4, 0.5) is 17.1 Å². The second-order valence-electron chi connectivity index (χ2n) is 10.2. The van der Waals surface area contributed by atoms with E-state index in [4.69, 9.17) is 13.8 Å². The van der Waals surface area contributed by atoms with Gasteiger partial charge in [-0.1, -0.05) is 66.7 Å². The summed E-state index contributed by atoms with van der Waals surface area (Å²) < 4.78 is 12.8. The summed E-state index contributed by atoms with van der Waals surface area (Å²) in [6, 6.07) is 39.7. The first-order chi connectivity index (χ1) is 20.3. The first-order valence-electron chi connectivity index (χ1n) is 13.6. The number of hydrogen-bond acceptors (Lipinski definition) is 5. The van der Waals surface area contributed by atoms with E-state index in [-0.39, 0.29) is 0 Å². The van der Waals surface area contributed by atoms with E-state index in [1.807, 2.05) is 48.7 Å². The molecular formula is C36H21N3O2. The van der Waals surface area contributed by atoms with Crippen molar-refractivity contribution in [1.29, 1.82) is 0 Å². The van der Waals surface area contributed by atoms with Crippen molar-refractivity contribution >= 4 is 82.7 Å². The zero-order valence-electron chi connectivity index (χ0n) is 21.8. The minimum atomic E-state index is 0.613. The van der Waals surface area contributed by atoms with Crippen molar-refractivity contribution in [2.24, 2.45) is 0 Å². The lowest BCUT2D eigenvalue weighted by Crippen LogP contribution is -2.11. The van der Waals surface area contributed by atoms with E-state index in [1.54, 1.807) is 6.20 Å². The highest BCUT2D eigenvalue weighted by Gasteiger charge is 2.25. The summed E-state index contributed by atoms with van der Waals surface area (Å²) in [5, 5.41) is 7.64. The molecule has 0 aliphatic carbocycles. The third-order valence-corrected chi connectivity index (χ3v) is 7.96. The lowest BCUT2D eigenvalue weighted by molar-refractivity contribution is 0.654. The molecule has 0 N–H and O–H groups in total. The van der Waals surface area contributed by atoms with Gasteiger partial charge in [0.2, 0.25) is 5.71 Å². The zero-order valence-corrected chi connectivity index (χ0v) is 21.8. The molecule has 4 heterocycles. The predicted molar refractivity (Wildman–Crippen MR) is 166 cm³/mol. The standard InChI is InChI=1S/C36H21N3O2/c1-2-10-23-22(9-1)21-30(25-12-4-3-11-24(23)25)39(28-15-7-17-32-33(28)27-14-8-19-38-36(27)41-32)29-18-20-37-34-26-13-5-6-16-31(26)40-35(29)34/h1-21H. The molecule has 0 spiro atoms. The van der Waals surface area contributed by atoms with Gasteiger partial charge in [-0.25, -0.2) is 4.98 Å². The van der Waals surface area contributed by atoms with Crippen LogP contribution in [0.1, 0.15) is 0 Å². The van der Waals surface area contributed by atoms with Crippen molar-refractivity contribution < 1.29 is 8.83 Å². The molecule has 9 aromatic rings. The molecule has 0 aliphatic rings. The predicted octanol–water partition coefficient (Wildman–Crippen LogP) is 10.1. The van der Waals surface area contributed by atoms with Crippen molar-refractivity contribution in [2.45, 2.75) is 0 Å². The summed E-state index contributed by atoms with van der Waals surface area (Å²) >= 11 is 0. The van der Waals surface area contributed by atoms with Crippen molar-refractivity contribution in [1.82, 2.24) is 9.97 Å². The fourth-order valence-electron chi connectivity index (χ4n) is 6.20. The second-order valence-corrected chi connectivity index (χ2v) is 10.2. The van der Waals surface area contributed by atoms with E-state index in [0.29, 0.717) is 5.71 Å². The number of para-hydroxylation sites is 1. The minimum absolute atomic E-state index is 0.613. The van der Waals surface area contributed by atoms with Gasteiger partial charge in [0.05, 0.1) is 27.8 Å². The van der Waals surface area contributed by atoms with E-state index >= 15 is 0 Å². The Kier molecular flexibility index (Phi) is 4.55. The number of aromatic nitrogens is 2. The molecule has 5 aromatic carbocycles. The van der Waals surface area contributed by atoms with Crippen LogP contribution in [0.2, 0.25) is 0 Å². The minimum Gasteiger partial charge on any atom is -0.452 e. The van der Waals surface area contributed by atoms with Gasteiger partial charge in [0.1, 0.15) is 16.7 Å². The molecule has 0 atom stereocenters.